The van der Waals surface area contributed by atoms with Crippen molar-refractivity contribution in [1.82, 2.24) is 5.32 Å². The van der Waals surface area contributed by atoms with Gasteiger partial charge in [-0.05, 0) is 35.9 Å². The number of ether oxygens (including phenoxy) is 1. The summed E-state index contributed by atoms with van der Waals surface area (Å²) >= 11 is 0. The Morgan fingerprint density at radius 2 is 2.04 bits per heavy atom. The van der Waals surface area contributed by atoms with Crippen molar-refractivity contribution in [2.24, 2.45) is 0 Å². The van der Waals surface area contributed by atoms with Gasteiger partial charge in [0.05, 0.1) is 24.4 Å². The van der Waals surface area contributed by atoms with E-state index in [4.69, 9.17) is 10.00 Å². The number of hydrogen-bond donors (Lipinski definition) is 2. The zero-order chi connectivity index (χ0) is 17.3. The molecule has 0 spiro atoms. The Hall–Kier alpha value is -3.53. The van der Waals surface area contributed by atoms with Crippen molar-refractivity contribution in [3.8, 4) is 17.6 Å². The van der Waals surface area contributed by atoms with Crippen LogP contribution in [0.25, 0.3) is 0 Å². The number of methoxy groups -OCH3 is 1. The Bertz CT molecular complexity index is 872. The summed E-state index contributed by atoms with van der Waals surface area (Å²) in [5.74, 6) is -0.337. The van der Waals surface area contributed by atoms with Gasteiger partial charge < -0.3 is 15.2 Å². The molecule has 1 fully saturated rings. The summed E-state index contributed by atoms with van der Waals surface area (Å²) in [6.07, 6.45) is 0. The Labute approximate surface area is 137 Å². The van der Waals surface area contributed by atoms with E-state index in [1.807, 2.05) is 6.07 Å². The molecule has 0 aliphatic carbocycles. The van der Waals surface area contributed by atoms with Crippen LogP contribution in [0.4, 0.5) is 10.5 Å². The highest BCUT2D eigenvalue weighted by Crippen LogP contribution is 2.32. The lowest BCUT2D eigenvalue weighted by molar-refractivity contribution is -0.118. The maximum atomic E-state index is 12.6. The highest BCUT2D eigenvalue weighted by Gasteiger charge is 2.40. The minimum absolute atomic E-state index is 0.123. The van der Waals surface area contributed by atoms with E-state index in [2.05, 4.69) is 5.32 Å². The molecular weight excluding hydrogens is 310 g/mol. The molecule has 120 valence electrons. The van der Waals surface area contributed by atoms with Crippen LogP contribution < -0.4 is 15.0 Å². The molecule has 3 rings (SSSR count). The van der Waals surface area contributed by atoms with E-state index in [9.17, 15) is 14.7 Å². The zero-order valence-corrected chi connectivity index (χ0v) is 12.7. The van der Waals surface area contributed by atoms with Gasteiger partial charge >= 0.3 is 6.03 Å². The number of hydrogen-bond acceptors (Lipinski definition) is 5. The van der Waals surface area contributed by atoms with Crippen LogP contribution >= 0.6 is 0 Å². The van der Waals surface area contributed by atoms with Crippen molar-refractivity contribution in [2.45, 2.75) is 6.04 Å². The molecule has 7 nitrogen and oxygen atoms in total. The third-order valence-corrected chi connectivity index (χ3v) is 3.71. The molecule has 0 radical (unpaired) electrons. The first-order chi connectivity index (χ1) is 11.5. The van der Waals surface area contributed by atoms with Crippen molar-refractivity contribution in [3.63, 3.8) is 0 Å². The van der Waals surface area contributed by atoms with Crippen LogP contribution in [0.5, 0.6) is 11.5 Å². The molecule has 1 heterocycles. The van der Waals surface area contributed by atoms with Crippen molar-refractivity contribution in [2.75, 3.05) is 12.0 Å². The lowest BCUT2D eigenvalue weighted by Gasteiger charge is -2.13. The van der Waals surface area contributed by atoms with Gasteiger partial charge in [0.25, 0.3) is 5.91 Å². The summed E-state index contributed by atoms with van der Waals surface area (Å²) in [5, 5.41) is 21.4. The summed E-state index contributed by atoms with van der Waals surface area (Å²) in [6, 6.07) is 11.2. The van der Waals surface area contributed by atoms with Gasteiger partial charge in [-0.25, -0.2) is 9.69 Å². The maximum Gasteiger partial charge on any atom is 0.329 e. The number of nitrogens with zero attached hydrogens (tertiary/aromatic N) is 2. The van der Waals surface area contributed by atoms with E-state index in [0.717, 1.165) is 4.90 Å². The smallest absolute Gasteiger partial charge is 0.329 e. The summed E-state index contributed by atoms with van der Waals surface area (Å²) < 4.78 is 4.96. The van der Waals surface area contributed by atoms with Crippen LogP contribution in [0.3, 0.4) is 0 Å². The Morgan fingerprint density at radius 3 is 2.71 bits per heavy atom. The van der Waals surface area contributed by atoms with Crippen LogP contribution in [-0.4, -0.2) is 24.2 Å². The van der Waals surface area contributed by atoms with Gasteiger partial charge in [-0.3, -0.25) is 4.79 Å². The fourth-order valence-corrected chi connectivity index (χ4v) is 2.55. The average molecular weight is 323 g/mol. The fraction of sp³-hybridized carbons (Fsp3) is 0.118. The zero-order valence-electron chi connectivity index (χ0n) is 12.7. The number of rotatable bonds is 3. The van der Waals surface area contributed by atoms with E-state index in [1.54, 1.807) is 24.3 Å². The Kier molecular flexibility index (Phi) is 3.80. The number of imide groups is 1. The quantitative estimate of drug-likeness (QED) is 0.842. The number of nitrogens with one attached hydrogen (secondary N) is 1. The van der Waals surface area contributed by atoms with E-state index < -0.39 is 18.0 Å². The monoisotopic (exact) mass is 323 g/mol. The third-order valence-electron chi connectivity index (χ3n) is 3.71. The molecule has 2 aromatic carbocycles. The average Bonchev–Trinajstić information content (AvgIpc) is 2.89. The van der Waals surface area contributed by atoms with Crippen LogP contribution in [0.15, 0.2) is 42.5 Å². The largest absolute Gasteiger partial charge is 0.504 e. The number of amides is 3. The van der Waals surface area contributed by atoms with Crippen LogP contribution in [0.1, 0.15) is 17.2 Å². The van der Waals surface area contributed by atoms with Gasteiger partial charge in [-0.15, -0.1) is 0 Å². The molecule has 7 heteroatoms. The van der Waals surface area contributed by atoms with Crippen LogP contribution in [-0.2, 0) is 4.79 Å². The highest BCUT2D eigenvalue weighted by atomic mass is 16.5. The number of aromatic hydroxyl groups is 1. The predicted octanol–water partition coefficient (Wildman–Crippen LogP) is 2.07. The molecule has 1 atom stereocenters. The third kappa shape index (κ3) is 2.50. The highest BCUT2D eigenvalue weighted by molar-refractivity contribution is 6.21. The molecule has 1 saturated heterocycles. The topological polar surface area (TPSA) is 103 Å². The first-order valence-corrected chi connectivity index (χ1v) is 7.06. The second kappa shape index (κ2) is 5.93. The minimum Gasteiger partial charge on any atom is -0.504 e. The molecule has 0 bridgehead atoms. The molecule has 0 saturated carbocycles. The molecule has 2 N–H and O–H groups in total. The summed E-state index contributed by atoms with van der Waals surface area (Å²) in [7, 11) is 1.42. The van der Waals surface area contributed by atoms with Crippen molar-refractivity contribution in [3.05, 3.63) is 53.6 Å². The molecule has 1 aliphatic rings. The van der Waals surface area contributed by atoms with Gasteiger partial charge in [0.1, 0.15) is 6.04 Å². The standard InChI is InChI=1S/C17H13N3O4/c1-24-14-6-5-11(8-13(14)21)15-16(22)20(17(23)19-15)12-4-2-3-10(7-12)9-18/h2-8,15,21H,1H3,(H,19,23). The van der Waals surface area contributed by atoms with E-state index in [0.29, 0.717) is 16.8 Å². The summed E-state index contributed by atoms with van der Waals surface area (Å²) in [5.41, 5.74) is 1.10. The second-order valence-corrected chi connectivity index (χ2v) is 5.15. The lowest BCUT2D eigenvalue weighted by atomic mass is 10.1. The number of phenols is 1. The molecule has 0 aromatic heterocycles. The first kappa shape index (κ1) is 15.4. The fourth-order valence-electron chi connectivity index (χ4n) is 2.55. The van der Waals surface area contributed by atoms with Crippen molar-refractivity contribution in [1.29, 1.82) is 5.26 Å². The second-order valence-electron chi connectivity index (χ2n) is 5.15. The molecule has 2 aromatic rings. The number of benzene rings is 2. The van der Waals surface area contributed by atoms with Gasteiger partial charge in [0.2, 0.25) is 0 Å². The Balaban J connectivity index is 1.94. The lowest BCUT2D eigenvalue weighted by Crippen LogP contribution is -2.30. The summed E-state index contributed by atoms with van der Waals surface area (Å²) in [6.45, 7) is 0. The molecule has 1 aliphatic heterocycles. The summed E-state index contributed by atoms with van der Waals surface area (Å²) in [4.78, 5) is 25.8. The van der Waals surface area contributed by atoms with Crippen molar-refractivity contribution >= 4 is 17.6 Å². The number of urea groups is 1. The first-order valence-electron chi connectivity index (χ1n) is 7.06. The van der Waals surface area contributed by atoms with E-state index in [1.165, 1.54) is 25.3 Å². The predicted molar refractivity (Wildman–Crippen MR) is 84.6 cm³/mol. The van der Waals surface area contributed by atoms with Crippen LogP contribution in [0.2, 0.25) is 0 Å². The number of carbonyl (C=O) groups is 2. The molecule has 24 heavy (non-hydrogen) atoms. The minimum atomic E-state index is -0.917. The number of carbonyl (C=O) groups excluding carboxylic acids is 2. The number of phenolic OH excluding ortho intramolecular Hbond substituents is 1. The van der Waals surface area contributed by atoms with Crippen LogP contribution in [0, 0.1) is 11.3 Å². The van der Waals surface area contributed by atoms with Gasteiger partial charge in [-0.1, -0.05) is 12.1 Å². The SMILES string of the molecule is COc1ccc(C2NC(=O)N(c3cccc(C#N)c3)C2=O)cc1O. The normalized spacial score (nSPS) is 16.7. The number of nitriles is 1. The molecular formula is C17H13N3O4. The van der Waals surface area contributed by atoms with E-state index >= 15 is 0 Å². The van der Waals surface area contributed by atoms with Crippen molar-refractivity contribution < 1.29 is 19.4 Å². The Morgan fingerprint density at radius 1 is 1.25 bits per heavy atom. The van der Waals surface area contributed by atoms with Gasteiger partial charge in [-0.2, -0.15) is 5.26 Å². The number of anilines is 1. The van der Waals surface area contributed by atoms with Gasteiger partial charge in [0.15, 0.2) is 11.5 Å². The van der Waals surface area contributed by atoms with E-state index in [-0.39, 0.29) is 11.5 Å². The van der Waals surface area contributed by atoms with Gasteiger partial charge in [0, 0.05) is 0 Å². The molecule has 3 amide bonds. The maximum absolute atomic E-state index is 12.6. The molecule has 1 unspecified atom stereocenters.